The van der Waals surface area contributed by atoms with Crippen molar-refractivity contribution in [1.82, 2.24) is 10.3 Å². The van der Waals surface area contributed by atoms with Crippen LogP contribution in [0.3, 0.4) is 0 Å². The largest absolute Gasteiger partial charge is 0.454 e. The van der Waals surface area contributed by atoms with E-state index >= 15 is 0 Å². The van der Waals surface area contributed by atoms with Gasteiger partial charge in [-0.1, -0.05) is 6.07 Å². The lowest BCUT2D eigenvalue weighted by atomic mass is 10.2. The molecule has 1 fully saturated rings. The maximum atomic E-state index is 12.1. The van der Waals surface area contributed by atoms with Gasteiger partial charge in [0.05, 0.1) is 18.0 Å². The molecule has 0 aliphatic carbocycles. The minimum atomic E-state index is -0.178. The molecule has 1 aromatic carbocycles. The highest BCUT2D eigenvalue weighted by atomic mass is 16.7. The summed E-state index contributed by atoms with van der Waals surface area (Å²) in [6.07, 6.45) is 3.84. The summed E-state index contributed by atoms with van der Waals surface area (Å²) >= 11 is 0. The predicted octanol–water partition coefficient (Wildman–Crippen LogP) is 2.33. The van der Waals surface area contributed by atoms with Crippen molar-refractivity contribution >= 4 is 11.6 Å². The molecule has 7 nitrogen and oxygen atoms in total. The molecule has 1 saturated heterocycles. The number of rotatable bonds is 6. The average Bonchev–Trinajstić information content (AvgIpc) is 3.36. The fourth-order valence-corrected chi connectivity index (χ4v) is 2.99. The number of ether oxygens (including phenoxy) is 3. The lowest BCUT2D eigenvalue weighted by Crippen LogP contribution is -2.32. The first-order chi connectivity index (χ1) is 12.8. The molecule has 1 unspecified atom stereocenters. The van der Waals surface area contributed by atoms with E-state index in [-0.39, 0.29) is 18.8 Å². The third-order valence-corrected chi connectivity index (χ3v) is 4.44. The Hall–Kier alpha value is -2.80. The second-order valence-corrected chi connectivity index (χ2v) is 6.32. The van der Waals surface area contributed by atoms with E-state index in [0.29, 0.717) is 18.8 Å². The van der Waals surface area contributed by atoms with Crippen molar-refractivity contribution in [3.8, 4) is 11.5 Å². The van der Waals surface area contributed by atoms with Gasteiger partial charge in [0.15, 0.2) is 11.5 Å². The number of carbonyl (C=O) groups excluding carboxylic acids is 1. The van der Waals surface area contributed by atoms with E-state index in [0.717, 1.165) is 42.2 Å². The van der Waals surface area contributed by atoms with Crippen molar-refractivity contribution in [3.63, 3.8) is 0 Å². The van der Waals surface area contributed by atoms with E-state index in [9.17, 15) is 4.79 Å². The standard InChI is InChI=1S/C19H21N3O4/c23-19(22-11-15-2-1-7-24-15)16-5-4-14(10-21-16)20-9-13-3-6-17-18(8-13)26-12-25-17/h3-6,8,10,15,20H,1-2,7,9,11-12H2,(H,22,23). The van der Waals surface area contributed by atoms with Gasteiger partial charge in [-0.3, -0.25) is 4.79 Å². The van der Waals surface area contributed by atoms with Gasteiger partial charge in [-0.2, -0.15) is 0 Å². The Morgan fingerprint density at radius 3 is 2.92 bits per heavy atom. The van der Waals surface area contributed by atoms with Crippen LogP contribution in [0.15, 0.2) is 36.5 Å². The molecule has 0 bridgehead atoms. The van der Waals surface area contributed by atoms with Crippen LogP contribution in [-0.2, 0) is 11.3 Å². The van der Waals surface area contributed by atoms with Gasteiger partial charge in [0.1, 0.15) is 5.69 Å². The number of fused-ring (bicyclic) bond motifs is 1. The molecule has 7 heteroatoms. The Kier molecular flexibility index (Phi) is 4.88. The summed E-state index contributed by atoms with van der Waals surface area (Å²) in [7, 11) is 0. The third kappa shape index (κ3) is 3.88. The van der Waals surface area contributed by atoms with Crippen LogP contribution in [0.2, 0.25) is 0 Å². The van der Waals surface area contributed by atoms with E-state index in [4.69, 9.17) is 14.2 Å². The molecule has 1 amide bonds. The van der Waals surface area contributed by atoms with Gasteiger partial charge < -0.3 is 24.8 Å². The third-order valence-electron chi connectivity index (χ3n) is 4.44. The van der Waals surface area contributed by atoms with Crippen LogP contribution in [-0.4, -0.2) is 36.9 Å². The molecule has 136 valence electrons. The molecule has 0 radical (unpaired) electrons. The highest BCUT2D eigenvalue weighted by molar-refractivity contribution is 5.92. The molecule has 26 heavy (non-hydrogen) atoms. The maximum Gasteiger partial charge on any atom is 0.269 e. The smallest absolute Gasteiger partial charge is 0.269 e. The van der Waals surface area contributed by atoms with Crippen LogP contribution < -0.4 is 20.1 Å². The molecular weight excluding hydrogens is 334 g/mol. The van der Waals surface area contributed by atoms with Gasteiger partial charge >= 0.3 is 0 Å². The fourth-order valence-electron chi connectivity index (χ4n) is 2.99. The summed E-state index contributed by atoms with van der Waals surface area (Å²) in [5.74, 6) is 1.36. The fraction of sp³-hybridized carbons (Fsp3) is 0.368. The van der Waals surface area contributed by atoms with Crippen LogP contribution in [0.25, 0.3) is 0 Å². The maximum absolute atomic E-state index is 12.1. The van der Waals surface area contributed by atoms with Crippen LogP contribution in [0.1, 0.15) is 28.9 Å². The molecule has 2 N–H and O–H groups in total. The summed E-state index contributed by atoms with van der Waals surface area (Å²) < 4.78 is 16.2. The zero-order valence-corrected chi connectivity index (χ0v) is 14.4. The molecule has 1 atom stereocenters. The van der Waals surface area contributed by atoms with E-state index in [2.05, 4.69) is 15.6 Å². The molecule has 1 aromatic heterocycles. The van der Waals surface area contributed by atoms with Crippen LogP contribution >= 0.6 is 0 Å². The van der Waals surface area contributed by atoms with E-state index < -0.39 is 0 Å². The van der Waals surface area contributed by atoms with Gasteiger partial charge in [-0.25, -0.2) is 4.98 Å². The zero-order chi connectivity index (χ0) is 17.8. The molecular formula is C19H21N3O4. The van der Waals surface area contributed by atoms with Gasteiger partial charge in [0.25, 0.3) is 5.91 Å². The van der Waals surface area contributed by atoms with E-state index in [1.54, 1.807) is 12.3 Å². The molecule has 2 aromatic rings. The van der Waals surface area contributed by atoms with Crippen molar-refractivity contribution in [1.29, 1.82) is 0 Å². The number of anilines is 1. The summed E-state index contributed by atoms with van der Waals surface area (Å²) in [6.45, 7) is 2.21. The first-order valence-corrected chi connectivity index (χ1v) is 8.76. The number of amides is 1. The summed E-state index contributed by atoms with van der Waals surface area (Å²) in [4.78, 5) is 16.4. The van der Waals surface area contributed by atoms with Gasteiger partial charge in [0.2, 0.25) is 6.79 Å². The van der Waals surface area contributed by atoms with Crippen molar-refractivity contribution < 1.29 is 19.0 Å². The Balaban J connectivity index is 1.29. The minimum Gasteiger partial charge on any atom is -0.454 e. The van der Waals surface area contributed by atoms with Gasteiger partial charge in [-0.05, 0) is 42.7 Å². The Labute approximate surface area is 151 Å². The SMILES string of the molecule is O=C(NCC1CCCO1)c1ccc(NCc2ccc3c(c2)OCO3)cn1. The van der Waals surface area contributed by atoms with Crippen molar-refractivity contribution in [3.05, 3.63) is 47.8 Å². The second kappa shape index (κ2) is 7.61. The van der Waals surface area contributed by atoms with E-state index in [1.807, 2.05) is 24.3 Å². The monoisotopic (exact) mass is 355 g/mol. The van der Waals surface area contributed by atoms with Crippen molar-refractivity contribution in [2.24, 2.45) is 0 Å². The summed E-state index contributed by atoms with van der Waals surface area (Å²) in [5, 5.41) is 6.15. The number of nitrogens with one attached hydrogen (secondary N) is 2. The van der Waals surface area contributed by atoms with Crippen molar-refractivity contribution in [2.45, 2.75) is 25.5 Å². The van der Waals surface area contributed by atoms with Gasteiger partial charge in [0, 0.05) is 19.7 Å². The minimum absolute atomic E-state index is 0.126. The van der Waals surface area contributed by atoms with E-state index in [1.165, 1.54) is 0 Å². The van der Waals surface area contributed by atoms with Crippen LogP contribution in [0.4, 0.5) is 5.69 Å². The number of hydrogen-bond donors (Lipinski definition) is 2. The molecule has 2 aliphatic rings. The molecule has 0 spiro atoms. The normalized spacial score (nSPS) is 17.9. The zero-order valence-electron chi connectivity index (χ0n) is 14.4. The number of benzene rings is 1. The Morgan fingerprint density at radius 2 is 2.12 bits per heavy atom. The summed E-state index contributed by atoms with van der Waals surface area (Å²) in [6, 6.07) is 9.41. The number of aromatic nitrogens is 1. The number of pyridine rings is 1. The second-order valence-electron chi connectivity index (χ2n) is 6.32. The van der Waals surface area contributed by atoms with Crippen molar-refractivity contribution in [2.75, 3.05) is 25.3 Å². The highest BCUT2D eigenvalue weighted by Gasteiger charge is 2.17. The number of hydrogen-bond acceptors (Lipinski definition) is 6. The topological polar surface area (TPSA) is 81.7 Å². The number of carbonyl (C=O) groups is 1. The molecule has 2 aliphatic heterocycles. The molecule has 3 heterocycles. The summed E-state index contributed by atoms with van der Waals surface area (Å²) in [5.41, 5.74) is 2.32. The quantitative estimate of drug-likeness (QED) is 0.828. The lowest BCUT2D eigenvalue weighted by molar-refractivity contribution is 0.0854. The van der Waals surface area contributed by atoms with Gasteiger partial charge in [-0.15, -0.1) is 0 Å². The predicted molar refractivity (Wildman–Crippen MR) is 95.4 cm³/mol. The number of nitrogens with zero attached hydrogens (tertiary/aromatic N) is 1. The highest BCUT2D eigenvalue weighted by Crippen LogP contribution is 2.32. The Bertz CT molecular complexity index is 773. The first kappa shape index (κ1) is 16.7. The van der Waals surface area contributed by atoms with Crippen LogP contribution in [0.5, 0.6) is 11.5 Å². The lowest BCUT2D eigenvalue weighted by Gasteiger charge is -2.11. The molecule has 4 rings (SSSR count). The first-order valence-electron chi connectivity index (χ1n) is 8.76. The Morgan fingerprint density at radius 1 is 1.19 bits per heavy atom. The van der Waals surface area contributed by atoms with Crippen LogP contribution in [0, 0.1) is 0 Å². The molecule has 0 saturated carbocycles. The average molecular weight is 355 g/mol.